The molecule has 0 aliphatic rings. The number of sulfonamides is 1. The molecule has 0 saturated carbocycles. The smallest absolute Gasteiger partial charge is 0.244 e. The first-order chi connectivity index (χ1) is 12.4. The van der Waals surface area contributed by atoms with E-state index < -0.39 is 16.1 Å². The van der Waals surface area contributed by atoms with Gasteiger partial charge in [0.1, 0.15) is 5.75 Å². The third-order valence-electron chi connectivity index (χ3n) is 3.90. The molecule has 1 atom stereocenters. The molecule has 0 amide bonds. The molecule has 1 N–H and O–H groups in total. The first kappa shape index (κ1) is 18.1. The summed E-state index contributed by atoms with van der Waals surface area (Å²) in [5.41, 5.74) is 1.85. The Labute approximate surface area is 152 Å². The van der Waals surface area contributed by atoms with Crippen LogP contribution in [-0.4, -0.2) is 25.7 Å². The minimum absolute atomic E-state index is 0.129. The molecule has 2 aromatic carbocycles. The molecule has 0 bridgehead atoms. The zero-order chi connectivity index (χ0) is 18.7. The summed E-state index contributed by atoms with van der Waals surface area (Å²) in [6.07, 6.45) is 0. The second-order valence-corrected chi connectivity index (χ2v) is 7.50. The van der Waals surface area contributed by atoms with Crippen LogP contribution in [0.1, 0.15) is 24.4 Å². The molecule has 0 spiro atoms. The lowest BCUT2D eigenvalue weighted by molar-refractivity contribution is 0.354. The van der Waals surface area contributed by atoms with E-state index in [1.165, 1.54) is 19.2 Å². The summed E-state index contributed by atoms with van der Waals surface area (Å²) in [5, 5.41) is 3.96. The fourth-order valence-electron chi connectivity index (χ4n) is 2.45. The van der Waals surface area contributed by atoms with Crippen LogP contribution in [0.5, 0.6) is 5.75 Å². The number of hydrogen-bond acceptors (Lipinski definition) is 6. The molecule has 8 heteroatoms. The summed E-state index contributed by atoms with van der Waals surface area (Å²) >= 11 is 0. The second kappa shape index (κ2) is 7.27. The van der Waals surface area contributed by atoms with Gasteiger partial charge in [0, 0.05) is 5.56 Å². The Balaban J connectivity index is 1.79. The van der Waals surface area contributed by atoms with Gasteiger partial charge in [0.25, 0.3) is 0 Å². The largest absolute Gasteiger partial charge is 0.497 e. The maximum atomic E-state index is 12.5. The number of aryl methyl sites for hydroxylation is 1. The molecule has 3 rings (SSSR count). The molecule has 136 valence electrons. The van der Waals surface area contributed by atoms with E-state index in [2.05, 4.69) is 14.9 Å². The summed E-state index contributed by atoms with van der Waals surface area (Å²) in [7, 11) is -2.21. The summed E-state index contributed by atoms with van der Waals surface area (Å²) < 4.78 is 37.8. The van der Waals surface area contributed by atoms with Gasteiger partial charge in [-0.25, -0.2) is 8.42 Å². The van der Waals surface area contributed by atoms with Crippen molar-refractivity contribution in [3.8, 4) is 17.1 Å². The fraction of sp³-hybridized carbons (Fsp3) is 0.222. The van der Waals surface area contributed by atoms with Crippen molar-refractivity contribution in [3.05, 3.63) is 60.0 Å². The third-order valence-corrected chi connectivity index (χ3v) is 5.46. The molecule has 1 aromatic heterocycles. The highest BCUT2D eigenvalue weighted by atomic mass is 32.2. The van der Waals surface area contributed by atoms with Crippen LogP contribution < -0.4 is 9.46 Å². The third kappa shape index (κ3) is 3.76. The van der Waals surface area contributed by atoms with Crippen molar-refractivity contribution in [1.82, 2.24) is 14.9 Å². The molecule has 0 aliphatic heterocycles. The van der Waals surface area contributed by atoms with Gasteiger partial charge in [-0.2, -0.15) is 9.71 Å². The molecular weight excluding hydrogens is 354 g/mol. The van der Waals surface area contributed by atoms with Crippen LogP contribution in [0.25, 0.3) is 11.4 Å². The lowest BCUT2D eigenvalue weighted by atomic mass is 10.1. The van der Waals surface area contributed by atoms with Gasteiger partial charge >= 0.3 is 0 Å². The average Bonchev–Trinajstić information content (AvgIpc) is 3.12. The number of methoxy groups -OCH3 is 1. The Hall–Kier alpha value is -2.71. The van der Waals surface area contributed by atoms with Crippen molar-refractivity contribution in [2.24, 2.45) is 0 Å². The standard InChI is InChI=1S/C18H19N3O4S/c1-12-6-4-5-7-16(12)17-19-18(25-20-17)13(2)21-26(22,23)15-10-8-14(24-3)9-11-15/h4-11,13,21H,1-3H3. The first-order valence-electron chi connectivity index (χ1n) is 7.96. The molecule has 1 heterocycles. The van der Waals surface area contributed by atoms with Gasteiger partial charge in [0.15, 0.2) is 0 Å². The van der Waals surface area contributed by atoms with Gasteiger partial charge in [-0.05, 0) is 43.7 Å². The molecule has 26 heavy (non-hydrogen) atoms. The molecule has 3 aromatic rings. The van der Waals surface area contributed by atoms with Crippen molar-refractivity contribution in [2.45, 2.75) is 24.8 Å². The molecule has 0 fully saturated rings. The fourth-order valence-corrected chi connectivity index (χ4v) is 3.65. The monoisotopic (exact) mass is 373 g/mol. The van der Waals surface area contributed by atoms with Crippen molar-refractivity contribution in [1.29, 1.82) is 0 Å². The average molecular weight is 373 g/mol. The van der Waals surface area contributed by atoms with Gasteiger partial charge in [-0.1, -0.05) is 29.4 Å². The molecule has 1 unspecified atom stereocenters. The SMILES string of the molecule is COc1ccc(S(=O)(=O)NC(C)c2nc(-c3ccccc3C)no2)cc1. The van der Waals surface area contributed by atoms with E-state index >= 15 is 0 Å². The number of nitrogens with zero attached hydrogens (tertiary/aromatic N) is 2. The van der Waals surface area contributed by atoms with E-state index in [1.54, 1.807) is 19.1 Å². The highest BCUT2D eigenvalue weighted by Gasteiger charge is 2.23. The van der Waals surface area contributed by atoms with Crippen LogP contribution in [0.3, 0.4) is 0 Å². The van der Waals surface area contributed by atoms with Crippen LogP contribution in [0.2, 0.25) is 0 Å². The van der Waals surface area contributed by atoms with Gasteiger partial charge in [0.2, 0.25) is 21.7 Å². The molecule has 0 radical (unpaired) electrons. The second-order valence-electron chi connectivity index (χ2n) is 5.79. The van der Waals surface area contributed by atoms with Crippen molar-refractivity contribution < 1.29 is 17.7 Å². The number of hydrogen-bond donors (Lipinski definition) is 1. The maximum absolute atomic E-state index is 12.5. The molecule has 7 nitrogen and oxygen atoms in total. The van der Waals surface area contributed by atoms with Crippen LogP contribution in [0.4, 0.5) is 0 Å². The first-order valence-corrected chi connectivity index (χ1v) is 9.45. The van der Waals surface area contributed by atoms with Crippen molar-refractivity contribution in [2.75, 3.05) is 7.11 Å². The molecular formula is C18H19N3O4S. The highest BCUT2D eigenvalue weighted by molar-refractivity contribution is 7.89. The summed E-state index contributed by atoms with van der Waals surface area (Å²) in [5.74, 6) is 1.20. The van der Waals surface area contributed by atoms with Gasteiger partial charge in [0.05, 0.1) is 18.0 Å². The maximum Gasteiger partial charge on any atom is 0.244 e. The zero-order valence-electron chi connectivity index (χ0n) is 14.6. The number of ether oxygens (including phenoxy) is 1. The van der Waals surface area contributed by atoms with Crippen LogP contribution in [-0.2, 0) is 10.0 Å². The minimum atomic E-state index is -3.73. The van der Waals surface area contributed by atoms with E-state index in [0.29, 0.717) is 11.6 Å². The van der Waals surface area contributed by atoms with Crippen molar-refractivity contribution >= 4 is 10.0 Å². The van der Waals surface area contributed by atoms with Gasteiger partial charge < -0.3 is 9.26 Å². The van der Waals surface area contributed by atoms with E-state index in [-0.39, 0.29) is 10.8 Å². The van der Waals surface area contributed by atoms with E-state index in [4.69, 9.17) is 9.26 Å². The number of rotatable bonds is 6. The Kier molecular flexibility index (Phi) is 5.06. The van der Waals surface area contributed by atoms with Crippen LogP contribution >= 0.6 is 0 Å². The molecule has 0 saturated heterocycles. The number of benzene rings is 2. The Morgan fingerprint density at radius 1 is 1.12 bits per heavy atom. The van der Waals surface area contributed by atoms with E-state index in [9.17, 15) is 8.42 Å². The Bertz CT molecular complexity index is 997. The zero-order valence-corrected chi connectivity index (χ0v) is 15.4. The van der Waals surface area contributed by atoms with Crippen molar-refractivity contribution in [3.63, 3.8) is 0 Å². The lowest BCUT2D eigenvalue weighted by Crippen LogP contribution is -2.27. The normalized spacial score (nSPS) is 12.7. The van der Waals surface area contributed by atoms with E-state index in [1.807, 2.05) is 31.2 Å². The quantitative estimate of drug-likeness (QED) is 0.713. The lowest BCUT2D eigenvalue weighted by Gasteiger charge is -2.11. The van der Waals surface area contributed by atoms with Crippen LogP contribution in [0.15, 0.2) is 57.9 Å². The van der Waals surface area contributed by atoms with Crippen LogP contribution in [0, 0.1) is 6.92 Å². The minimum Gasteiger partial charge on any atom is -0.497 e. The Morgan fingerprint density at radius 3 is 2.46 bits per heavy atom. The van der Waals surface area contributed by atoms with E-state index in [0.717, 1.165) is 11.1 Å². The highest BCUT2D eigenvalue weighted by Crippen LogP contribution is 2.23. The predicted molar refractivity (Wildman–Crippen MR) is 96.2 cm³/mol. The summed E-state index contributed by atoms with van der Waals surface area (Å²) in [6.45, 7) is 3.59. The Morgan fingerprint density at radius 2 is 1.81 bits per heavy atom. The number of nitrogens with one attached hydrogen (secondary N) is 1. The molecule has 0 aliphatic carbocycles. The summed E-state index contributed by atoms with van der Waals surface area (Å²) in [6, 6.07) is 13.1. The van der Waals surface area contributed by atoms with Gasteiger partial charge in [-0.15, -0.1) is 0 Å². The summed E-state index contributed by atoms with van der Waals surface area (Å²) in [4.78, 5) is 4.45. The predicted octanol–water partition coefficient (Wildman–Crippen LogP) is 3.09. The van der Waals surface area contributed by atoms with Gasteiger partial charge in [-0.3, -0.25) is 0 Å². The topological polar surface area (TPSA) is 94.3 Å². The number of aromatic nitrogens is 2.